The number of benzene rings is 1. The Morgan fingerprint density at radius 3 is 2.56 bits per heavy atom. The molecule has 2 aliphatic heterocycles. The average Bonchev–Trinajstić information content (AvgIpc) is 2.92. The van der Waals surface area contributed by atoms with Crippen molar-refractivity contribution in [1.82, 2.24) is 14.9 Å². The Labute approximate surface area is 160 Å². The van der Waals surface area contributed by atoms with Gasteiger partial charge in [-0.3, -0.25) is 4.79 Å². The van der Waals surface area contributed by atoms with Crippen molar-refractivity contribution < 1.29 is 9.53 Å². The smallest absolute Gasteiger partial charge is 0.227 e. The van der Waals surface area contributed by atoms with E-state index < -0.39 is 0 Å². The quantitative estimate of drug-likeness (QED) is 0.829. The van der Waals surface area contributed by atoms with Crippen molar-refractivity contribution in [3.05, 3.63) is 52.8 Å². The van der Waals surface area contributed by atoms with E-state index in [1.165, 1.54) is 5.56 Å². The van der Waals surface area contributed by atoms with E-state index in [4.69, 9.17) is 14.7 Å². The zero-order valence-corrected chi connectivity index (χ0v) is 15.9. The lowest BCUT2D eigenvalue weighted by atomic mass is 10.1. The van der Waals surface area contributed by atoms with E-state index in [2.05, 4.69) is 11.8 Å². The number of ether oxygens (including phenoxy) is 1. The molecule has 0 N–H and O–H groups in total. The summed E-state index contributed by atoms with van der Waals surface area (Å²) in [6.45, 7) is 6.63. The number of hydrogen-bond acceptors (Lipinski definition) is 5. The van der Waals surface area contributed by atoms with Crippen LogP contribution in [-0.4, -0.2) is 60.2 Å². The van der Waals surface area contributed by atoms with Gasteiger partial charge in [0.2, 0.25) is 11.9 Å². The number of aromatic nitrogens is 2. The minimum atomic E-state index is 0.188. The minimum absolute atomic E-state index is 0.188. The highest BCUT2D eigenvalue weighted by Gasteiger charge is 2.23. The van der Waals surface area contributed by atoms with Gasteiger partial charge in [0.05, 0.1) is 25.3 Å². The number of aryl methyl sites for hydroxylation is 1. The highest BCUT2D eigenvalue weighted by Crippen LogP contribution is 2.21. The molecule has 2 aliphatic rings. The highest BCUT2D eigenvalue weighted by atomic mass is 16.5. The largest absolute Gasteiger partial charge is 0.378 e. The molecule has 0 spiro atoms. The van der Waals surface area contributed by atoms with Crippen LogP contribution in [0.15, 0.2) is 30.3 Å². The maximum atomic E-state index is 12.7. The van der Waals surface area contributed by atoms with Crippen LogP contribution in [0.3, 0.4) is 0 Å². The molecule has 0 unspecified atom stereocenters. The second kappa shape index (κ2) is 8.05. The highest BCUT2D eigenvalue weighted by molar-refractivity contribution is 5.78. The van der Waals surface area contributed by atoms with Crippen LogP contribution < -0.4 is 4.90 Å². The predicted molar refractivity (Wildman–Crippen MR) is 104 cm³/mol. The molecule has 3 heterocycles. The standard InChI is InChI=1S/C21H26N4O2/c1-16-18-7-9-24(20(26)15-17-5-3-2-4-6-17)10-8-19(18)23-21(22-16)25-11-13-27-14-12-25/h2-6H,7-15H2,1H3. The van der Waals surface area contributed by atoms with Gasteiger partial charge in [-0.1, -0.05) is 30.3 Å². The van der Waals surface area contributed by atoms with Gasteiger partial charge >= 0.3 is 0 Å². The third kappa shape index (κ3) is 4.11. The summed E-state index contributed by atoms with van der Waals surface area (Å²) in [4.78, 5) is 26.5. The Morgan fingerprint density at radius 2 is 1.78 bits per heavy atom. The van der Waals surface area contributed by atoms with Crippen molar-refractivity contribution in [2.75, 3.05) is 44.3 Å². The van der Waals surface area contributed by atoms with Crippen LogP contribution in [0.25, 0.3) is 0 Å². The lowest BCUT2D eigenvalue weighted by Crippen LogP contribution is -2.37. The molecule has 0 atom stereocenters. The molecule has 4 rings (SSSR count). The van der Waals surface area contributed by atoms with Crippen molar-refractivity contribution in [2.45, 2.75) is 26.2 Å². The third-order valence-electron chi connectivity index (χ3n) is 5.38. The number of rotatable bonds is 3. The molecule has 0 aliphatic carbocycles. The molecule has 1 amide bonds. The average molecular weight is 366 g/mol. The van der Waals surface area contributed by atoms with Crippen LogP contribution in [-0.2, 0) is 28.8 Å². The van der Waals surface area contributed by atoms with Crippen molar-refractivity contribution in [1.29, 1.82) is 0 Å². The first kappa shape index (κ1) is 17.9. The lowest BCUT2D eigenvalue weighted by Gasteiger charge is -2.27. The molecule has 2 aromatic rings. The van der Waals surface area contributed by atoms with Gasteiger partial charge in [0.25, 0.3) is 0 Å². The first-order valence-electron chi connectivity index (χ1n) is 9.71. The molecule has 1 saturated heterocycles. The fourth-order valence-electron chi connectivity index (χ4n) is 3.81. The molecular formula is C21H26N4O2. The van der Waals surface area contributed by atoms with Gasteiger partial charge in [-0.25, -0.2) is 9.97 Å². The summed E-state index contributed by atoms with van der Waals surface area (Å²) in [5.74, 6) is 0.992. The Morgan fingerprint density at radius 1 is 1.04 bits per heavy atom. The Balaban J connectivity index is 1.47. The number of morpholine rings is 1. The zero-order valence-electron chi connectivity index (χ0n) is 15.9. The molecule has 6 nitrogen and oxygen atoms in total. The zero-order chi connectivity index (χ0) is 18.6. The van der Waals surface area contributed by atoms with Gasteiger partial charge in [-0.05, 0) is 24.5 Å². The molecule has 0 bridgehead atoms. The Bertz CT molecular complexity index is 803. The van der Waals surface area contributed by atoms with Gasteiger partial charge in [0.15, 0.2) is 0 Å². The fraction of sp³-hybridized carbons (Fsp3) is 0.476. The molecule has 1 fully saturated rings. The van der Waals surface area contributed by atoms with Crippen molar-refractivity contribution in [3.63, 3.8) is 0 Å². The summed E-state index contributed by atoms with van der Waals surface area (Å²) in [7, 11) is 0. The van der Waals surface area contributed by atoms with Gasteiger partial charge in [0.1, 0.15) is 0 Å². The van der Waals surface area contributed by atoms with E-state index in [-0.39, 0.29) is 5.91 Å². The lowest BCUT2D eigenvalue weighted by molar-refractivity contribution is -0.130. The van der Waals surface area contributed by atoms with Crippen LogP contribution in [0.4, 0.5) is 5.95 Å². The second-order valence-corrected chi connectivity index (χ2v) is 7.18. The maximum Gasteiger partial charge on any atom is 0.227 e. The van der Waals surface area contributed by atoms with E-state index in [9.17, 15) is 4.79 Å². The molecule has 1 aromatic carbocycles. The van der Waals surface area contributed by atoms with Gasteiger partial charge in [0, 0.05) is 38.3 Å². The number of fused-ring (bicyclic) bond motifs is 1. The number of carbonyl (C=O) groups excluding carboxylic acids is 1. The molecule has 0 saturated carbocycles. The molecule has 0 radical (unpaired) electrons. The minimum Gasteiger partial charge on any atom is -0.378 e. The van der Waals surface area contributed by atoms with Crippen LogP contribution >= 0.6 is 0 Å². The summed E-state index contributed by atoms with van der Waals surface area (Å²) in [5, 5.41) is 0. The first-order valence-corrected chi connectivity index (χ1v) is 9.71. The van der Waals surface area contributed by atoms with E-state index in [0.717, 1.165) is 75.1 Å². The summed E-state index contributed by atoms with van der Waals surface area (Å²) in [6, 6.07) is 9.95. The summed E-state index contributed by atoms with van der Waals surface area (Å²) >= 11 is 0. The van der Waals surface area contributed by atoms with Gasteiger partial charge in [-0.15, -0.1) is 0 Å². The first-order chi connectivity index (χ1) is 13.2. The Hall–Kier alpha value is -2.47. The summed E-state index contributed by atoms with van der Waals surface area (Å²) < 4.78 is 5.43. The molecule has 1 aromatic heterocycles. The monoisotopic (exact) mass is 366 g/mol. The van der Waals surface area contributed by atoms with Crippen LogP contribution in [0, 0.1) is 6.92 Å². The van der Waals surface area contributed by atoms with E-state index in [1.54, 1.807) is 0 Å². The van der Waals surface area contributed by atoms with Crippen LogP contribution in [0.5, 0.6) is 0 Å². The number of nitrogens with zero attached hydrogens (tertiary/aromatic N) is 4. The van der Waals surface area contributed by atoms with Crippen molar-refractivity contribution >= 4 is 11.9 Å². The second-order valence-electron chi connectivity index (χ2n) is 7.18. The summed E-state index contributed by atoms with van der Waals surface area (Å²) in [5.41, 5.74) is 4.41. The molecule has 142 valence electrons. The summed E-state index contributed by atoms with van der Waals surface area (Å²) in [6.07, 6.45) is 2.07. The normalized spacial score (nSPS) is 17.4. The Kier molecular flexibility index (Phi) is 5.34. The predicted octanol–water partition coefficient (Wildman–Crippen LogP) is 1.79. The van der Waals surface area contributed by atoms with E-state index in [0.29, 0.717) is 6.42 Å². The van der Waals surface area contributed by atoms with Gasteiger partial charge < -0.3 is 14.5 Å². The van der Waals surface area contributed by atoms with Crippen LogP contribution in [0.2, 0.25) is 0 Å². The molecule has 27 heavy (non-hydrogen) atoms. The maximum absolute atomic E-state index is 12.7. The fourth-order valence-corrected chi connectivity index (χ4v) is 3.81. The number of hydrogen-bond donors (Lipinski definition) is 0. The van der Waals surface area contributed by atoms with Crippen molar-refractivity contribution in [3.8, 4) is 0 Å². The number of amides is 1. The number of carbonyl (C=O) groups is 1. The topological polar surface area (TPSA) is 58.6 Å². The molecular weight excluding hydrogens is 340 g/mol. The van der Waals surface area contributed by atoms with E-state index in [1.807, 2.05) is 35.2 Å². The SMILES string of the molecule is Cc1nc(N2CCOCC2)nc2c1CCN(C(=O)Cc1ccccc1)CC2. The molecule has 6 heteroatoms. The van der Waals surface area contributed by atoms with Crippen molar-refractivity contribution in [2.24, 2.45) is 0 Å². The third-order valence-corrected chi connectivity index (χ3v) is 5.38. The van der Waals surface area contributed by atoms with E-state index >= 15 is 0 Å². The number of anilines is 1. The van der Waals surface area contributed by atoms with Crippen LogP contribution in [0.1, 0.15) is 22.5 Å². The van der Waals surface area contributed by atoms with Gasteiger partial charge in [-0.2, -0.15) is 0 Å².